The number of hydrogen-bond donors (Lipinski definition) is 13. The third kappa shape index (κ3) is 15.4. The monoisotopic (exact) mass is 1920 g/mol. The Labute approximate surface area is 810 Å². The van der Waals surface area contributed by atoms with Gasteiger partial charge >= 0.3 is 0 Å². The fourth-order valence-electron chi connectivity index (χ4n) is 35.8. The highest BCUT2D eigenvalue weighted by Crippen LogP contribution is 2.75. The molecule has 0 heterocycles. The van der Waals surface area contributed by atoms with Gasteiger partial charge in [0, 0.05) is 85.8 Å². The number of thioether (sulfide) groups is 1. The minimum absolute atomic E-state index is 0.00620. The van der Waals surface area contributed by atoms with E-state index in [9.17, 15) is 124 Å². The van der Waals surface area contributed by atoms with E-state index in [-0.39, 0.29) is 174 Å². The zero-order valence-electron chi connectivity index (χ0n) is 82.9. The summed E-state index contributed by atoms with van der Waals surface area (Å²) in [6, 6.07) is 0. The van der Waals surface area contributed by atoms with E-state index in [1.54, 1.807) is 42.5 Å². The van der Waals surface area contributed by atoms with Crippen LogP contribution in [0.15, 0.2) is 94.7 Å². The summed E-state index contributed by atoms with van der Waals surface area (Å²) >= 11 is 1.00. The number of rotatable bonds is 11. The number of hydrogen-bond acceptors (Lipinski definition) is 26. The Morgan fingerprint density at radius 2 is 0.679 bits per heavy atom. The SMILES string of the molecule is CC(C)(C)C(=O)SCC(=O)[C@@]1(O)CC[C@H]2[C@@H]3CCC4=CC(=O)CC[C@]4(C)[C@H]3[C@@H](O)C[C@@]21C.C[C@H]1C[C@@H]2[C@H]([C@@H](O)C[C@@]3(C)[C@H]2CC[C@]3(O)C(=O)CO)[C@@]2(C)C=CC(=O)C=C12.C[C@]12C=CC(=O)C=C1CC[C@@H]1[C@@H]2C(=O)C[C@@]2(C)[C@H]1CC[C@]2(O)C(=O)CO.C[C@]12C=CC(=O)C=C1CC[C@@H]1[C@@H]2[C@@H](O)C[C@@]2(C)[C@H]1CC[C@]2(O)C(=O)CO.C[C@]12CCC(=O)C=C1CC[C@@H]1[C@@H]2[C@@H](O)C[C@@]2(C)[C@H]1CC[C@]2(O)C(=O)CO. The summed E-state index contributed by atoms with van der Waals surface area (Å²) in [4.78, 5) is 148. The van der Waals surface area contributed by atoms with Gasteiger partial charge < -0.3 is 66.4 Å². The molecule has 20 rings (SSSR count). The maximum Gasteiger partial charge on any atom is 0.194 e. The van der Waals surface area contributed by atoms with Crippen LogP contribution in [-0.2, 0) is 57.5 Å². The normalized spacial score (nSPS) is 48.3. The van der Waals surface area contributed by atoms with Crippen LogP contribution in [0.3, 0.4) is 0 Å². The highest BCUT2D eigenvalue weighted by molar-refractivity contribution is 8.14. The van der Waals surface area contributed by atoms with Crippen LogP contribution in [-0.4, -0.2) is 220 Å². The molecule has 752 valence electrons. The predicted octanol–water partition coefficient (Wildman–Crippen LogP) is 11.0. The first-order chi connectivity index (χ1) is 63.8. The molecule has 25 nitrogen and oxygen atoms in total. The first kappa shape index (κ1) is 104. The Bertz CT molecular complexity index is 5260. The molecule has 0 saturated heterocycles. The number of carbonyl (C=O) groups excluding carboxylic acids is 12. The smallest absolute Gasteiger partial charge is 0.194 e. The largest absolute Gasteiger partial charge is 0.393 e. The maximum atomic E-state index is 13.3. The number of fused-ring (bicyclic) bond motifs is 25. The zero-order valence-corrected chi connectivity index (χ0v) is 83.7. The highest BCUT2D eigenvalue weighted by Gasteiger charge is 2.75. The van der Waals surface area contributed by atoms with Crippen molar-refractivity contribution in [3.05, 3.63) is 94.7 Å². The number of ketones is 11. The summed E-state index contributed by atoms with van der Waals surface area (Å²) in [6.07, 6.45) is 33.9. The van der Waals surface area contributed by atoms with Gasteiger partial charge in [0.15, 0.2) is 62.9 Å². The molecule has 0 spiro atoms. The first-order valence-electron chi connectivity index (χ1n) is 51.3. The van der Waals surface area contributed by atoms with Crippen LogP contribution in [0.2, 0.25) is 0 Å². The molecule has 0 unspecified atom stereocenters. The second-order valence-electron chi connectivity index (χ2n) is 49.7. The van der Waals surface area contributed by atoms with Gasteiger partial charge in [-0.1, -0.05) is 155 Å². The third-order valence-corrected chi connectivity index (χ3v) is 44.2. The third-order valence-electron chi connectivity index (χ3n) is 42.9. The molecule has 20 aliphatic carbocycles. The first-order valence-corrected chi connectivity index (χ1v) is 52.3. The molecule has 35 atom stereocenters. The van der Waals surface area contributed by atoms with E-state index in [1.807, 2.05) is 86.6 Å². The predicted molar refractivity (Wildman–Crippen MR) is 509 cm³/mol. The van der Waals surface area contributed by atoms with Crippen molar-refractivity contribution in [1.82, 2.24) is 0 Å². The lowest BCUT2D eigenvalue weighted by molar-refractivity contribution is -0.182. The fourth-order valence-corrected chi connectivity index (χ4v) is 36.7. The summed E-state index contributed by atoms with van der Waals surface area (Å²) in [5.41, 5.74) is -7.96. The summed E-state index contributed by atoms with van der Waals surface area (Å²) in [5.74, 6) is -0.421. The Morgan fingerprint density at radius 3 is 1.07 bits per heavy atom. The molecule has 0 aromatic heterocycles. The van der Waals surface area contributed by atoms with Gasteiger partial charge in [-0.05, 0) is 297 Å². The number of Topliss-reactive ketones (excluding diaryl/α,β-unsaturated/α-hetero) is 6. The molecule has 15 fully saturated rings. The van der Waals surface area contributed by atoms with Gasteiger partial charge in [0.05, 0.1) is 30.2 Å². The lowest BCUT2D eigenvalue weighted by Crippen LogP contribution is -2.62. The number of carbonyl (C=O) groups is 12. The van der Waals surface area contributed by atoms with Gasteiger partial charge in [0.2, 0.25) is 0 Å². The standard InChI is InChI=1S/C26H38O5S.C22H30O5.C21H30O5.C21H28O5.C21H26O5/c1-23(2,3)22(30)32-14-20(29)26(31)11-9-18-17-7-6-15-12-16(27)8-10-24(15,4)21(17)19(28)13-25(18,26)5;1-12-8-14-15-5-7-22(27,18(26)11-23)21(15,3)10-17(25)19(14)20(2)6-4-13(24)9-16(12)20;3*1-19-7-5-13(23)9-12(19)3-4-14-15-6-8-21(26,17(25)11-22)20(15,2)10-16(24)18(14)19/h12,17-19,21,28,31H,6-11,13-14H2,1-5H3;4,6,9,12,14-15,17,19,23,25,27H,5,7-8,10-11H2,1-3H3;9,14-16,18,22,24,26H,3-8,10-11H2,1-2H3;5,7,9,14-16,18,22,24,26H,3-4,6,8,10-11H2,1-2H3;5,7,9,14-15,18,22,26H,3-4,6,8,10-11H2,1-2H3/t17-,18-,19-,21+,24-,25-,26-;12-,14-,15-,17-,19+,20-,21-,22-;2*14-,15-,16-,18+,19-,20-,21-;14-,15-,18+,19-,20-,21-/m00000/s1. The van der Waals surface area contributed by atoms with E-state index in [0.717, 1.165) is 125 Å². The Kier molecular flexibility index (Phi) is 27.0. The van der Waals surface area contributed by atoms with Gasteiger partial charge in [-0.2, -0.15) is 0 Å². The van der Waals surface area contributed by atoms with E-state index in [1.165, 1.54) is 11.1 Å². The lowest BCUT2D eigenvalue weighted by atomic mass is 9.45. The summed E-state index contributed by atoms with van der Waals surface area (Å²) in [6.45, 7) is 25.2. The molecule has 0 amide bonds. The average molecular weight is 1920 g/mol. The molecule has 0 aromatic rings. The lowest BCUT2D eigenvalue weighted by Gasteiger charge is -2.60. The van der Waals surface area contributed by atoms with Crippen LogP contribution >= 0.6 is 11.8 Å². The zero-order chi connectivity index (χ0) is 100. The molecule has 13 N–H and O–H groups in total. The molecule has 26 heteroatoms. The van der Waals surface area contributed by atoms with Crippen LogP contribution in [0.1, 0.15) is 277 Å². The van der Waals surface area contributed by atoms with Crippen molar-refractivity contribution in [2.45, 2.75) is 329 Å². The molecule has 137 heavy (non-hydrogen) atoms. The number of allylic oxidation sites excluding steroid dienone is 14. The summed E-state index contributed by atoms with van der Waals surface area (Å²) in [7, 11) is 0. The summed E-state index contributed by atoms with van der Waals surface area (Å²) < 4.78 is 0. The minimum Gasteiger partial charge on any atom is -0.393 e. The second kappa shape index (κ2) is 35.6. The van der Waals surface area contributed by atoms with Gasteiger partial charge in [-0.3, -0.25) is 57.5 Å². The van der Waals surface area contributed by atoms with Crippen LogP contribution in [0.4, 0.5) is 0 Å². The molecular weight excluding hydrogens is 1770 g/mol. The van der Waals surface area contributed by atoms with Gasteiger partial charge in [-0.15, -0.1) is 0 Å². The summed E-state index contributed by atoms with van der Waals surface area (Å²) in [5, 5.41) is 139. The molecule has 0 aromatic carbocycles. The molecule has 15 saturated carbocycles. The molecule has 0 radical (unpaired) electrons. The van der Waals surface area contributed by atoms with Crippen LogP contribution < -0.4 is 0 Å². The van der Waals surface area contributed by atoms with Crippen molar-refractivity contribution < 1.29 is 124 Å². The highest BCUT2D eigenvalue weighted by atomic mass is 32.2. The minimum atomic E-state index is -1.62. The van der Waals surface area contributed by atoms with E-state index in [2.05, 4.69) is 34.6 Å². The quantitative estimate of drug-likeness (QED) is 0.0914. The van der Waals surface area contributed by atoms with Crippen molar-refractivity contribution in [2.75, 3.05) is 32.2 Å². The number of aliphatic hydroxyl groups is 13. The van der Waals surface area contributed by atoms with Crippen molar-refractivity contribution in [3.63, 3.8) is 0 Å². The molecular formula is C111H152O25S. The van der Waals surface area contributed by atoms with Crippen LogP contribution in [0, 0.1) is 154 Å². The Morgan fingerprint density at radius 1 is 0.365 bits per heavy atom. The topological polar surface area (TPSA) is 468 Å². The van der Waals surface area contributed by atoms with E-state index in [0.29, 0.717) is 77.0 Å². The second-order valence-corrected chi connectivity index (χ2v) is 50.7. The fraction of sp³-hybridized carbons (Fsp3) is 0.748. The molecule has 20 aliphatic rings. The molecule has 0 bridgehead atoms. The van der Waals surface area contributed by atoms with Gasteiger partial charge in [-0.25, -0.2) is 0 Å². The Balaban J connectivity index is 0.000000124. The Hall–Kier alpha value is -6.21. The van der Waals surface area contributed by atoms with Crippen molar-refractivity contribution >= 4 is 80.5 Å². The average Bonchev–Trinajstić information content (AvgIpc) is 1.63. The molecule has 0 aliphatic heterocycles. The van der Waals surface area contributed by atoms with Crippen LogP contribution in [0.5, 0.6) is 0 Å². The van der Waals surface area contributed by atoms with Crippen LogP contribution in [0.25, 0.3) is 0 Å². The van der Waals surface area contributed by atoms with Crippen molar-refractivity contribution in [3.8, 4) is 0 Å². The van der Waals surface area contributed by atoms with E-state index in [4.69, 9.17) is 0 Å². The van der Waals surface area contributed by atoms with Crippen molar-refractivity contribution in [1.29, 1.82) is 0 Å². The number of aliphatic hydroxyl groups excluding tert-OH is 8. The van der Waals surface area contributed by atoms with Gasteiger partial charge in [0.1, 0.15) is 60.2 Å². The maximum absolute atomic E-state index is 13.3. The van der Waals surface area contributed by atoms with E-state index < -0.39 is 140 Å². The van der Waals surface area contributed by atoms with E-state index >= 15 is 0 Å². The van der Waals surface area contributed by atoms with Crippen molar-refractivity contribution in [2.24, 2.45) is 154 Å². The van der Waals surface area contributed by atoms with Gasteiger partial charge in [0.25, 0.3) is 0 Å².